The van der Waals surface area contributed by atoms with Crippen LogP contribution in [0.3, 0.4) is 0 Å². The molecule has 26 heavy (non-hydrogen) atoms. The monoisotopic (exact) mass is 526 g/mol. The third-order valence-electron chi connectivity index (χ3n) is 0.987. The van der Waals surface area contributed by atoms with Crippen LogP contribution in [0.4, 0.5) is 0 Å². The molecule has 152 valence electrons. The zero-order valence-electron chi connectivity index (χ0n) is 15.5. The van der Waals surface area contributed by atoms with Gasteiger partial charge >= 0.3 is 163 Å². The fourth-order valence-electron chi connectivity index (χ4n) is 1.19. The minimum Gasteiger partial charge on any atom is -0.839 e. The Morgan fingerprint density at radius 1 is 0.500 bits per heavy atom. The number of hydrogen-bond donors (Lipinski definition) is 1. The van der Waals surface area contributed by atoms with Gasteiger partial charge in [-0.05, 0) is 13.1 Å². The molecule has 13 heteroatoms. The molecule has 0 aliphatic heterocycles. The minimum absolute atomic E-state index is 0. The van der Waals surface area contributed by atoms with E-state index >= 15 is 0 Å². The normalized spacial score (nSPS) is 9.69. The van der Waals surface area contributed by atoms with Gasteiger partial charge in [0.2, 0.25) is 0 Å². The predicted molar refractivity (Wildman–Crippen MR) is 108 cm³/mol. The van der Waals surface area contributed by atoms with Gasteiger partial charge in [-0.3, -0.25) is 0 Å². The average Bonchev–Trinajstić information content (AvgIpc) is 1.64. The van der Waals surface area contributed by atoms with Gasteiger partial charge < -0.3 is 27.4 Å². The van der Waals surface area contributed by atoms with Crippen LogP contribution in [-0.2, 0) is 8.23 Å². The maximum absolute atomic E-state index is 10.9. The van der Waals surface area contributed by atoms with Crippen molar-refractivity contribution in [1.82, 2.24) is 0 Å². The van der Waals surface area contributed by atoms with Gasteiger partial charge in [-0.2, -0.15) is 0 Å². The van der Waals surface area contributed by atoms with Crippen LogP contribution in [0.15, 0.2) is 0 Å². The van der Waals surface area contributed by atoms with Crippen LogP contribution in [0, 0.1) is 0 Å². The van der Waals surface area contributed by atoms with Crippen molar-refractivity contribution in [3.05, 3.63) is 0 Å². The Labute approximate surface area is 298 Å². The molecule has 0 aromatic rings. The van der Waals surface area contributed by atoms with Crippen LogP contribution in [0.25, 0.3) is 0 Å². The van der Waals surface area contributed by atoms with Crippen molar-refractivity contribution in [2.75, 3.05) is 0 Å². The zero-order chi connectivity index (χ0) is 15.4. The maximum Gasteiger partial charge on any atom is 1.00 e. The van der Waals surface area contributed by atoms with Crippen molar-refractivity contribution >= 4 is 34.2 Å². The maximum atomic E-state index is 10.9. The van der Waals surface area contributed by atoms with Gasteiger partial charge in [-0.25, -0.2) is 0 Å². The van der Waals surface area contributed by atoms with E-state index in [2.05, 4.69) is 0 Å². The van der Waals surface area contributed by atoms with Gasteiger partial charge in [0.25, 0.3) is 0 Å². The van der Waals surface area contributed by atoms with Crippen LogP contribution >= 0.6 is 0 Å². The first-order valence-corrected chi connectivity index (χ1v) is 17.0. The Hall–Kier alpha value is 5.54. The standard InChI is InChI=1S/C4H13O3Si2.C4H12O3Si2.5CH4.3K/c2*1-8(2,5)7-9(3,4)6;;;;;;;;/h5H,1-4H3;1-4H3;5*1H4;;;/q-1;-2;;;;;;3*+1. The third-order valence-corrected chi connectivity index (χ3v) is 8.88. The first kappa shape index (κ1) is 63.4. The molecule has 0 aliphatic rings. The summed E-state index contributed by atoms with van der Waals surface area (Å²) in [6.07, 6.45) is 0. The molecule has 0 fully saturated rings. The van der Waals surface area contributed by atoms with Crippen molar-refractivity contribution < 1.29 is 182 Å². The Morgan fingerprint density at radius 3 is 0.654 bits per heavy atom. The minimum atomic E-state index is -2.79. The molecule has 0 radical (unpaired) electrons. The molecule has 0 heterocycles. The first-order chi connectivity index (χ1) is 7.41. The van der Waals surface area contributed by atoms with Crippen molar-refractivity contribution in [3.63, 3.8) is 0 Å². The summed E-state index contributed by atoms with van der Waals surface area (Å²) in [6.45, 7) is 12.2. The predicted octanol–water partition coefficient (Wildman–Crippen LogP) is -6.92. The van der Waals surface area contributed by atoms with E-state index < -0.39 is 34.2 Å². The molecule has 1 N–H and O–H groups in total. The second-order valence-electron chi connectivity index (χ2n) is 5.85. The molecule has 0 saturated heterocycles. The fourth-order valence-corrected chi connectivity index (χ4v) is 10.7. The van der Waals surface area contributed by atoms with Crippen LogP contribution < -0.4 is 169 Å². The van der Waals surface area contributed by atoms with Gasteiger partial charge in [0, 0.05) is 0 Å². The molecular weight excluding hydrogens is 482 g/mol. The molecule has 0 spiro atoms. The molecule has 6 nitrogen and oxygen atoms in total. The van der Waals surface area contributed by atoms with Gasteiger partial charge in [-0.1, -0.05) is 76.4 Å². The summed E-state index contributed by atoms with van der Waals surface area (Å²) in [5, 5.41) is 0. The second kappa shape index (κ2) is 26.8. The smallest absolute Gasteiger partial charge is 0.839 e. The molecule has 0 amide bonds. The van der Waals surface area contributed by atoms with E-state index in [4.69, 9.17) is 13.0 Å². The molecule has 0 bridgehead atoms. The van der Waals surface area contributed by atoms with Crippen molar-refractivity contribution in [2.45, 2.75) is 89.5 Å². The summed E-state index contributed by atoms with van der Waals surface area (Å²) in [4.78, 5) is 41.8. The molecular formula is C13H45K3O6Si4. The molecule has 0 rings (SSSR count). The third kappa shape index (κ3) is 78.2. The van der Waals surface area contributed by atoms with E-state index in [1.807, 2.05) is 0 Å². The molecule has 0 aromatic carbocycles. The summed E-state index contributed by atoms with van der Waals surface area (Å²) in [5.74, 6) is 0. The SMILES string of the molecule is C.C.C.C.C.C[Si](C)([O-])O[Si](C)(C)O.C[Si](C)([O-])O[Si](C)(C)[O-].[K+].[K+].[K+]. The number of hydrogen-bond acceptors (Lipinski definition) is 6. The molecule has 0 atom stereocenters. The summed E-state index contributed by atoms with van der Waals surface area (Å²) in [5.41, 5.74) is 0. The molecule has 0 unspecified atom stereocenters. The molecule has 0 aliphatic carbocycles. The zero-order valence-corrected chi connectivity index (χ0v) is 28.9. The average molecular weight is 527 g/mol. The van der Waals surface area contributed by atoms with E-state index in [9.17, 15) is 14.4 Å². The molecule has 0 saturated carbocycles. The van der Waals surface area contributed by atoms with E-state index in [1.54, 1.807) is 13.1 Å². The summed E-state index contributed by atoms with van der Waals surface area (Å²) in [7, 11) is -10.9. The Balaban J connectivity index is -0.0000000188. The fraction of sp³-hybridized carbons (Fsp3) is 1.00. The van der Waals surface area contributed by atoms with E-state index in [1.165, 1.54) is 39.3 Å². The summed E-state index contributed by atoms with van der Waals surface area (Å²) >= 11 is 0. The largest absolute Gasteiger partial charge is 1.00 e. The van der Waals surface area contributed by atoms with E-state index in [0.29, 0.717) is 0 Å². The Kier molecular flexibility index (Phi) is 65.3. The van der Waals surface area contributed by atoms with Crippen LogP contribution in [0.2, 0.25) is 52.4 Å². The Morgan fingerprint density at radius 2 is 0.654 bits per heavy atom. The van der Waals surface area contributed by atoms with Gasteiger partial charge in [-0.15, -0.1) is 0 Å². The summed E-state index contributed by atoms with van der Waals surface area (Å²) in [6, 6.07) is 0. The van der Waals surface area contributed by atoms with E-state index in [0.717, 1.165) is 0 Å². The molecule has 0 aromatic heterocycles. The van der Waals surface area contributed by atoms with Gasteiger partial charge in [0.1, 0.15) is 0 Å². The van der Waals surface area contributed by atoms with Gasteiger partial charge in [0.05, 0.1) is 25.7 Å². The van der Waals surface area contributed by atoms with Crippen LogP contribution in [0.1, 0.15) is 37.1 Å². The van der Waals surface area contributed by atoms with E-state index in [-0.39, 0.29) is 191 Å². The van der Waals surface area contributed by atoms with Gasteiger partial charge in [0.15, 0.2) is 0 Å². The quantitative estimate of drug-likeness (QED) is 0.365. The second-order valence-corrected chi connectivity index (χ2v) is 18.8. The summed E-state index contributed by atoms with van der Waals surface area (Å²) < 4.78 is 9.69. The topological polar surface area (TPSA) is 108 Å². The van der Waals surface area contributed by atoms with Crippen molar-refractivity contribution in [1.29, 1.82) is 0 Å². The van der Waals surface area contributed by atoms with Crippen molar-refractivity contribution in [3.8, 4) is 0 Å². The van der Waals surface area contributed by atoms with Crippen molar-refractivity contribution in [2.24, 2.45) is 0 Å². The number of rotatable bonds is 4. The van der Waals surface area contributed by atoms with Crippen LogP contribution in [-0.4, -0.2) is 39.0 Å². The Bertz CT molecular complexity index is 202. The van der Waals surface area contributed by atoms with Crippen LogP contribution in [0.5, 0.6) is 0 Å². The first-order valence-electron chi connectivity index (χ1n) is 5.65.